The first-order chi connectivity index (χ1) is 9.30. The molecule has 0 spiro atoms. The van der Waals surface area contributed by atoms with Gasteiger partial charge < -0.3 is 14.0 Å². The Labute approximate surface area is 121 Å². The van der Waals surface area contributed by atoms with Crippen LogP contribution in [0.4, 0.5) is 0 Å². The molecule has 106 valence electrons. The minimum atomic E-state index is -0.381. The Morgan fingerprint density at radius 3 is 2.30 bits per heavy atom. The van der Waals surface area contributed by atoms with Crippen molar-refractivity contribution in [2.45, 2.75) is 45.3 Å². The Balaban J connectivity index is 2.30. The van der Waals surface area contributed by atoms with Gasteiger partial charge >= 0.3 is 7.12 Å². The highest BCUT2D eigenvalue weighted by molar-refractivity contribution is 6.62. The van der Waals surface area contributed by atoms with Crippen LogP contribution in [0.2, 0.25) is 0 Å². The van der Waals surface area contributed by atoms with Crippen molar-refractivity contribution in [3.63, 3.8) is 0 Å². The van der Waals surface area contributed by atoms with Crippen LogP contribution >= 0.6 is 0 Å². The highest BCUT2D eigenvalue weighted by Crippen LogP contribution is 2.36. The topological polar surface area (TPSA) is 27.7 Å². The molecule has 4 heteroatoms. The van der Waals surface area contributed by atoms with Crippen molar-refractivity contribution in [2.75, 3.05) is 7.11 Å². The Bertz CT molecular complexity index is 527. The van der Waals surface area contributed by atoms with E-state index < -0.39 is 0 Å². The molecule has 1 heterocycles. The fourth-order valence-corrected chi connectivity index (χ4v) is 2.14. The fraction of sp³-hybridized carbons (Fsp3) is 0.500. The van der Waals surface area contributed by atoms with E-state index in [9.17, 15) is 0 Å². The zero-order chi connectivity index (χ0) is 15.0. The summed E-state index contributed by atoms with van der Waals surface area (Å²) in [7, 11) is 1.26. The van der Waals surface area contributed by atoms with E-state index in [1.165, 1.54) is 0 Å². The second-order valence-electron chi connectivity index (χ2n) is 6.04. The molecule has 0 atom stereocenters. The number of hydrogen-bond acceptors (Lipinski definition) is 3. The lowest BCUT2D eigenvalue weighted by Crippen LogP contribution is -2.41. The first-order valence-electron chi connectivity index (χ1n) is 6.76. The van der Waals surface area contributed by atoms with Crippen LogP contribution in [0.5, 0.6) is 5.75 Å². The zero-order valence-electron chi connectivity index (χ0n) is 12.8. The molecule has 0 saturated carbocycles. The van der Waals surface area contributed by atoms with Crippen molar-refractivity contribution in [2.24, 2.45) is 0 Å². The third-order valence-electron chi connectivity index (χ3n) is 4.13. The summed E-state index contributed by atoms with van der Waals surface area (Å²) in [6, 6.07) is 5.89. The fourth-order valence-electron chi connectivity index (χ4n) is 2.14. The molecular weight excluding hydrogens is 251 g/mol. The van der Waals surface area contributed by atoms with Gasteiger partial charge in [-0.1, -0.05) is 12.1 Å². The minimum Gasteiger partial charge on any atom is -0.496 e. The number of methoxy groups -OCH3 is 1. The maximum atomic E-state index is 6.03. The van der Waals surface area contributed by atoms with Gasteiger partial charge in [0.15, 0.2) is 0 Å². The number of ether oxygens (including phenoxy) is 1. The lowest BCUT2D eigenvalue weighted by molar-refractivity contribution is 0.00578. The lowest BCUT2D eigenvalue weighted by atomic mass is 9.78. The number of terminal acetylenes is 1. The molecule has 0 aromatic heterocycles. The second-order valence-corrected chi connectivity index (χ2v) is 6.04. The van der Waals surface area contributed by atoms with Crippen LogP contribution in [-0.4, -0.2) is 25.4 Å². The standard InChI is InChI=1S/C16H21BO3/c1-7-8-12-9-10-13(11-14(12)18-6)17-19-15(2,3)16(4,5)20-17/h1,9-11H,8H2,2-6H3. The van der Waals surface area contributed by atoms with Gasteiger partial charge in [-0.2, -0.15) is 0 Å². The SMILES string of the molecule is C#CCc1ccc(B2OC(C)(C)C(C)(C)O2)cc1OC. The van der Waals surface area contributed by atoms with Gasteiger partial charge in [-0.05, 0) is 39.2 Å². The van der Waals surface area contributed by atoms with Crippen molar-refractivity contribution >= 4 is 12.6 Å². The molecule has 2 rings (SSSR count). The first-order valence-corrected chi connectivity index (χ1v) is 6.76. The molecular formula is C16H21BO3. The largest absolute Gasteiger partial charge is 0.496 e. The zero-order valence-corrected chi connectivity index (χ0v) is 12.8. The van der Waals surface area contributed by atoms with E-state index in [1.54, 1.807) is 7.11 Å². The van der Waals surface area contributed by atoms with Gasteiger partial charge in [0.05, 0.1) is 18.3 Å². The average molecular weight is 272 g/mol. The Kier molecular flexibility index (Phi) is 3.86. The van der Waals surface area contributed by atoms with Crippen molar-refractivity contribution < 1.29 is 14.0 Å². The Hall–Kier alpha value is -1.44. The predicted octanol–water partition coefficient (Wildman–Crippen LogP) is 2.17. The highest BCUT2D eigenvalue weighted by Gasteiger charge is 2.51. The minimum absolute atomic E-state index is 0.345. The summed E-state index contributed by atoms with van der Waals surface area (Å²) in [5.41, 5.74) is 1.25. The second kappa shape index (κ2) is 5.16. The summed E-state index contributed by atoms with van der Waals surface area (Å²) in [5.74, 6) is 3.40. The summed E-state index contributed by atoms with van der Waals surface area (Å²) in [4.78, 5) is 0. The van der Waals surface area contributed by atoms with Crippen molar-refractivity contribution in [3.8, 4) is 18.1 Å². The maximum Gasteiger partial charge on any atom is 0.494 e. The lowest BCUT2D eigenvalue weighted by Gasteiger charge is -2.32. The monoisotopic (exact) mass is 272 g/mol. The maximum absolute atomic E-state index is 6.03. The van der Waals surface area contributed by atoms with Crippen LogP contribution in [-0.2, 0) is 15.7 Å². The molecule has 1 saturated heterocycles. The number of rotatable bonds is 3. The molecule has 0 amide bonds. The van der Waals surface area contributed by atoms with E-state index in [0.29, 0.717) is 6.42 Å². The van der Waals surface area contributed by atoms with Gasteiger partial charge in [-0.3, -0.25) is 0 Å². The average Bonchev–Trinajstić information content (AvgIpc) is 2.59. The van der Waals surface area contributed by atoms with Crippen LogP contribution < -0.4 is 10.2 Å². The van der Waals surface area contributed by atoms with Gasteiger partial charge in [-0.15, -0.1) is 12.3 Å². The molecule has 20 heavy (non-hydrogen) atoms. The van der Waals surface area contributed by atoms with Gasteiger partial charge in [0.1, 0.15) is 5.75 Å². The summed E-state index contributed by atoms with van der Waals surface area (Å²) in [6.45, 7) is 8.15. The van der Waals surface area contributed by atoms with E-state index in [1.807, 2.05) is 45.9 Å². The summed E-state index contributed by atoms with van der Waals surface area (Å²) < 4.78 is 17.5. The molecule has 1 aromatic rings. The Morgan fingerprint density at radius 2 is 1.80 bits per heavy atom. The third-order valence-corrected chi connectivity index (χ3v) is 4.13. The molecule has 1 aliphatic heterocycles. The molecule has 1 aromatic carbocycles. The molecule has 0 unspecified atom stereocenters. The van der Waals surface area contributed by atoms with E-state index in [2.05, 4.69) is 5.92 Å². The van der Waals surface area contributed by atoms with Crippen molar-refractivity contribution in [1.29, 1.82) is 0 Å². The van der Waals surface area contributed by atoms with E-state index in [4.69, 9.17) is 20.5 Å². The molecule has 3 nitrogen and oxygen atoms in total. The van der Waals surface area contributed by atoms with Crippen LogP contribution in [0.25, 0.3) is 0 Å². The van der Waals surface area contributed by atoms with E-state index in [0.717, 1.165) is 16.8 Å². The quantitative estimate of drug-likeness (QED) is 0.623. The van der Waals surface area contributed by atoms with E-state index >= 15 is 0 Å². The summed E-state index contributed by atoms with van der Waals surface area (Å²) >= 11 is 0. The van der Waals surface area contributed by atoms with Crippen LogP contribution in [0, 0.1) is 12.3 Å². The summed E-state index contributed by atoms with van der Waals surface area (Å²) in [5, 5.41) is 0. The molecule has 0 radical (unpaired) electrons. The highest BCUT2D eigenvalue weighted by atomic mass is 16.7. The molecule has 0 aliphatic carbocycles. The predicted molar refractivity (Wildman–Crippen MR) is 81.2 cm³/mol. The number of hydrogen-bond donors (Lipinski definition) is 0. The van der Waals surface area contributed by atoms with Gasteiger partial charge in [0.25, 0.3) is 0 Å². The molecule has 0 N–H and O–H groups in total. The van der Waals surface area contributed by atoms with Crippen LogP contribution in [0.1, 0.15) is 33.3 Å². The van der Waals surface area contributed by atoms with Gasteiger partial charge in [0, 0.05) is 12.0 Å². The Morgan fingerprint density at radius 1 is 1.20 bits per heavy atom. The van der Waals surface area contributed by atoms with Gasteiger partial charge in [-0.25, -0.2) is 0 Å². The van der Waals surface area contributed by atoms with Crippen LogP contribution in [0.15, 0.2) is 18.2 Å². The van der Waals surface area contributed by atoms with E-state index in [-0.39, 0.29) is 18.3 Å². The van der Waals surface area contributed by atoms with Gasteiger partial charge in [0.2, 0.25) is 0 Å². The molecule has 1 aliphatic rings. The number of benzene rings is 1. The summed E-state index contributed by atoms with van der Waals surface area (Å²) in [6.07, 6.45) is 5.91. The van der Waals surface area contributed by atoms with Crippen molar-refractivity contribution in [3.05, 3.63) is 23.8 Å². The van der Waals surface area contributed by atoms with Crippen molar-refractivity contribution in [1.82, 2.24) is 0 Å². The molecule has 0 bridgehead atoms. The third kappa shape index (κ3) is 2.56. The normalized spacial score (nSPS) is 19.7. The first kappa shape index (κ1) is 15.0. The van der Waals surface area contributed by atoms with Crippen LogP contribution in [0.3, 0.4) is 0 Å². The molecule has 1 fully saturated rings. The smallest absolute Gasteiger partial charge is 0.494 e.